The standard InChI is InChI=1S/C18H25NO4S/c20-24(21,19-10-3-6-14-5-1-2-7-16(14)19)15-8-9-17-18(13-15)23-12-4-11-22-17/h8-9,13-14,16H,1-7,10-12H2. The van der Waals surface area contributed by atoms with Crippen molar-refractivity contribution in [2.75, 3.05) is 19.8 Å². The van der Waals surface area contributed by atoms with Crippen LogP contribution in [0.5, 0.6) is 11.5 Å². The summed E-state index contributed by atoms with van der Waals surface area (Å²) in [6.45, 7) is 1.80. The highest BCUT2D eigenvalue weighted by Crippen LogP contribution is 2.39. The lowest BCUT2D eigenvalue weighted by atomic mass is 9.79. The van der Waals surface area contributed by atoms with E-state index >= 15 is 0 Å². The Bertz CT molecular complexity index is 701. The predicted octanol–water partition coefficient (Wildman–Crippen LogP) is 3.19. The van der Waals surface area contributed by atoms with E-state index in [1.807, 2.05) is 0 Å². The van der Waals surface area contributed by atoms with Crippen LogP contribution in [0.3, 0.4) is 0 Å². The van der Waals surface area contributed by atoms with Crippen LogP contribution in [0.1, 0.15) is 44.9 Å². The van der Waals surface area contributed by atoms with Crippen LogP contribution in [0, 0.1) is 5.92 Å². The topological polar surface area (TPSA) is 55.8 Å². The minimum atomic E-state index is -3.48. The highest BCUT2D eigenvalue weighted by atomic mass is 32.2. The number of fused-ring (bicyclic) bond motifs is 2. The number of hydrogen-bond acceptors (Lipinski definition) is 4. The zero-order valence-electron chi connectivity index (χ0n) is 13.9. The Hall–Kier alpha value is -1.27. The third kappa shape index (κ3) is 2.90. The molecule has 3 aliphatic rings. The van der Waals surface area contributed by atoms with Gasteiger partial charge in [0.05, 0.1) is 18.1 Å². The van der Waals surface area contributed by atoms with Gasteiger partial charge >= 0.3 is 0 Å². The smallest absolute Gasteiger partial charge is 0.243 e. The molecule has 1 saturated carbocycles. The van der Waals surface area contributed by atoms with Crippen LogP contribution in [0.2, 0.25) is 0 Å². The molecule has 1 aliphatic carbocycles. The van der Waals surface area contributed by atoms with E-state index in [0.29, 0.717) is 42.1 Å². The Labute approximate surface area is 144 Å². The minimum Gasteiger partial charge on any atom is -0.490 e. The largest absolute Gasteiger partial charge is 0.490 e. The van der Waals surface area contributed by atoms with E-state index in [9.17, 15) is 8.42 Å². The lowest BCUT2D eigenvalue weighted by Gasteiger charge is -2.43. The van der Waals surface area contributed by atoms with E-state index in [2.05, 4.69) is 0 Å². The molecular formula is C18H25NO4S. The van der Waals surface area contributed by atoms with Gasteiger partial charge in [-0.05, 0) is 43.7 Å². The molecule has 0 aromatic heterocycles. The Kier molecular flexibility index (Phi) is 4.43. The molecule has 2 aliphatic heterocycles. The summed E-state index contributed by atoms with van der Waals surface area (Å²) in [6, 6.07) is 5.21. The van der Waals surface area contributed by atoms with E-state index in [1.54, 1.807) is 22.5 Å². The average Bonchev–Trinajstić information content (AvgIpc) is 2.86. The van der Waals surface area contributed by atoms with Gasteiger partial charge in [-0.15, -0.1) is 0 Å². The fourth-order valence-corrected chi connectivity index (χ4v) is 6.09. The zero-order valence-corrected chi connectivity index (χ0v) is 14.8. The predicted molar refractivity (Wildman–Crippen MR) is 90.9 cm³/mol. The number of sulfonamides is 1. The summed E-state index contributed by atoms with van der Waals surface area (Å²) < 4.78 is 39.5. The third-order valence-corrected chi connectivity index (χ3v) is 7.44. The number of piperidine rings is 1. The molecule has 2 atom stereocenters. The molecule has 0 bridgehead atoms. The Morgan fingerprint density at radius 3 is 2.54 bits per heavy atom. The summed E-state index contributed by atoms with van der Waals surface area (Å²) in [5.74, 6) is 1.72. The van der Waals surface area contributed by atoms with Crippen LogP contribution in [0.15, 0.2) is 23.1 Å². The highest BCUT2D eigenvalue weighted by Gasteiger charge is 2.40. The summed E-state index contributed by atoms with van der Waals surface area (Å²) in [6.07, 6.45) is 7.47. The average molecular weight is 351 g/mol. The van der Waals surface area contributed by atoms with Crippen LogP contribution in [0.25, 0.3) is 0 Å². The van der Waals surface area contributed by atoms with Gasteiger partial charge in [0.25, 0.3) is 0 Å². The molecule has 4 rings (SSSR count). The van der Waals surface area contributed by atoms with E-state index < -0.39 is 10.0 Å². The number of ether oxygens (including phenoxy) is 2. The second-order valence-electron chi connectivity index (χ2n) is 7.03. The van der Waals surface area contributed by atoms with Gasteiger partial charge in [0, 0.05) is 25.1 Å². The Balaban J connectivity index is 1.65. The second-order valence-corrected chi connectivity index (χ2v) is 8.92. The maximum atomic E-state index is 13.2. The summed E-state index contributed by atoms with van der Waals surface area (Å²) in [5.41, 5.74) is 0. The highest BCUT2D eigenvalue weighted by molar-refractivity contribution is 7.89. The van der Waals surface area contributed by atoms with Crippen molar-refractivity contribution < 1.29 is 17.9 Å². The van der Waals surface area contributed by atoms with E-state index in [1.165, 1.54) is 6.42 Å². The molecule has 0 spiro atoms. The first kappa shape index (κ1) is 16.2. The number of benzene rings is 1. The molecule has 0 N–H and O–H groups in total. The number of hydrogen-bond donors (Lipinski definition) is 0. The molecule has 1 saturated heterocycles. The quantitative estimate of drug-likeness (QED) is 0.821. The van der Waals surface area contributed by atoms with Gasteiger partial charge in [-0.25, -0.2) is 8.42 Å². The molecule has 0 radical (unpaired) electrons. The molecular weight excluding hydrogens is 326 g/mol. The number of rotatable bonds is 2. The lowest BCUT2D eigenvalue weighted by Crippen LogP contribution is -2.49. The number of nitrogens with zero attached hydrogens (tertiary/aromatic N) is 1. The second kappa shape index (κ2) is 6.56. The molecule has 6 heteroatoms. The first-order valence-electron chi connectivity index (χ1n) is 9.08. The van der Waals surface area contributed by atoms with Crippen molar-refractivity contribution in [1.29, 1.82) is 0 Å². The van der Waals surface area contributed by atoms with E-state index in [0.717, 1.165) is 38.5 Å². The van der Waals surface area contributed by atoms with E-state index in [-0.39, 0.29) is 6.04 Å². The molecule has 132 valence electrons. The first-order valence-corrected chi connectivity index (χ1v) is 10.5. The third-order valence-electron chi connectivity index (χ3n) is 5.52. The minimum absolute atomic E-state index is 0.175. The van der Waals surface area contributed by atoms with Crippen molar-refractivity contribution in [2.45, 2.75) is 55.9 Å². The summed E-state index contributed by atoms with van der Waals surface area (Å²) >= 11 is 0. The molecule has 5 nitrogen and oxygen atoms in total. The normalized spacial score (nSPS) is 28.0. The van der Waals surface area contributed by atoms with Crippen molar-refractivity contribution in [3.05, 3.63) is 18.2 Å². The van der Waals surface area contributed by atoms with Crippen molar-refractivity contribution in [2.24, 2.45) is 5.92 Å². The van der Waals surface area contributed by atoms with Crippen LogP contribution in [-0.2, 0) is 10.0 Å². The van der Waals surface area contributed by atoms with Gasteiger partial charge in [0.2, 0.25) is 10.0 Å². The van der Waals surface area contributed by atoms with Gasteiger partial charge in [0.1, 0.15) is 0 Å². The van der Waals surface area contributed by atoms with E-state index in [4.69, 9.17) is 9.47 Å². The van der Waals surface area contributed by atoms with Crippen LogP contribution < -0.4 is 9.47 Å². The fraction of sp³-hybridized carbons (Fsp3) is 0.667. The molecule has 2 fully saturated rings. The molecule has 0 amide bonds. The van der Waals surface area contributed by atoms with Crippen molar-refractivity contribution >= 4 is 10.0 Å². The Morgan fingerprint density at radius 1 is 0.917 bits per heavy atom. The maximum Gasteiger partial charge on any atom is 0.243 e. The SMILES string of the molecule is O=S(=O)(c1ccc2c(c1)OCCCO2)N1CCCC2CCCCC21. The summed E-state index contributed by atoms with van der Waals surface area (Å²) in [5, 5.41) is 0. The Morgan fingerprint density at radius 2 is 1.67 bits per heavy atom. The van der Waals surface area contributed by atoms with Gasteiger partial charge in [-0.1, -0.05) is 12.8 Å². The monoisotopic (exact) mass is 351 g/mol. The molecule has 24 heavy (non-hydrogen) atoms. The molecule has 2 heterocycles. The van der Waals surface area contributed by atoms with Crippen LogP contribution in [0.4, 0.5) is 0 Å². The molecule has 1 aromatic rings. The van der Waals surface area contributed by atoms with Gasteiger partial charge in [-0.2, -0.15) is 4.31 Å². The molecule has 1 aromatic carbocycles. The fourth-order valence-electron chi connectivity index (χ4n) is 4.32. The zero-order chi connectivity index (χ0) is 16.6. The van der Waals surface area contributed by atoms with Crippen molar-refractivity contribution in [1.82, 2.24) is 4.31 Å². The lowest BCUT2D eigenvalue weighted by molar-refractivity contribution is 0.129. The summed E-state index contributed by atoms with van der Waals surface area (Å²) in [7, 11) is -3.48. The van der Waals surface area contributed by atoms with Gasteiger partial charge in [0.15, 0.2) is 11.5 Å². The molecule has 2 unspecified atom stereocenters. The first-order chi connectivity index (χ1) is 11.7. The van der Waals surface area contributed by atoms with Crippen molar-refractivity contribution in [3.8, 4) is 11.5 Å². The van der Waals surface area contributed by atoms with Crippen LogP contribution >= 0.6 is 0 Å². The van der Waals surface area contributed by atoms with Crippen LogP contribution in [-0.4, -0.2) is 38.5 Å². The van der Waals surface area contributed by atoms with Gasteiger partial charge < -0.3 is 9.47 Å². The van der Waals surface area contributed by atoms with Gasteiger partial charge in [-0.3, -0.25) is 0 Å². The van der Waals surface area contributed by atoms with Crippen molar-refractivity contribution in [3.63, 3.8) is 0 Å². The summed E-state index contributed by atoms with van der Waals surface area (Å²) in [4.78, 5) is 0.331. The maximum absolute atomic E-state index is 13.2.